The molecule has 0 aromatic rings. The number of hydrogen-bond donors (Lipinski definition) is 2. The molecule has 2 N–H and O–H groups in total. The van der Waals surface area contributed by atoms with E-state index in [0.717, 1.165) is 0 Å². The molecule has 0 unspecified atom stereocenters. The van der Waals surface area contributed by atoms with Gasteiger partial charge in [-0.15, -0.1) is 0 Å². The highest BCUT2D eigenvalue weighted by molar-refractivity contribution is 9.09. The standard InChI is InChI=1S/C4H6BrNO2/c5-3(1-6)4(8)2-7/h3-4,7-8H,2H2/t3-,4-/m0/s1. The number of aliphatic hydroxyl groups excluding tert-OH is 2. The van der Waals surface area contributed by atoms with Crippen LogP contribution < -0.4 is 0 Å². The normalized spacial score (nSPS) is 16.8. The lowest BCUT2D eigenvalue weighted by Crippen LogP contribution is -2.22. The predicted molar refractivity (Wildman–Crippen MR) is 31.4 cm³/mol. The molecule has 2 atom stereocenters. The van der Waals surface area contributed by atoms with Gasteiger partial charge in [0.15, 0.2) is 0 Å². The number of alkyl halides is 1. The molecule has 0 aromatic carbocycles. The Morgan fingerprint density at radius 2 is 2.25 bits per heavy atom. The van der Waals surface area contributed by atoms with Crippen molar-refractivity contribution in [1.29, 1.82) is 5.26 Å². The molecule has 0 fully saturated rings. The van der Waals surface area contributed by atoms with E-state index in [0.29, 0.717) is 0 Å². The topological polar surface area (TPSA) is 64.2 Å². The highest BCUT2D eigenvalue weighted by Gasteiger charge is 2.12. The van der Waals surface area contributed by atoms with E-state index >= 15 is 0 Å². The van der Waals surface area contributed by atoms with Crippen molar-refractivity contribution in [2.45, 2.75) is 10.9 Å². The summed E-state index contributed by atoms with van der Waals surface area (Å²) in [6, 6.07) is 1.72. The van der Waals surface area contributed by atoms with E-state index in [1.54, 1.807) is 6.07 Å². The number of aliphatic hydroxyl groups is 2. The SMILES string of the molecule is N#C[C@H](Br)[C@@H](O)CO. The van der Waals surface area contributed by atoms with Crippen molar-refractivity contribution >= 4 is 15.9 Å². The minimum Gasteiger partial charge on any atom is -0.394 e. The summed E-state index contributed by atoms with van der Waals surface area (Å²) in [4.78, 5) is -0.660. The molecule has 0 aliphatic rings. The third kappa shape index (κ3) is 2.26. The molecular weight excluding hydrogens is 174 g/mol. The summed E-state index contributed by atoms with van der Waals surface area (Å²) in [6.45, 7) is -0.385. The monoisotopic (exact) mass is 179 g/mol. The zero-order valence-electron chi connectivity index (χ0n) is 4.08. The van der Waals surface area contributed by atoms with Crippen LogP contribution in [0.25, 0.3) is 0 Å². The van der Waals surface area contributed by atoms with E-state index in [2.05, 4.69) is 15.9 Å². The summed E-state index contributed by atoms with van der Waals surface area (Å²) in [5.41, 5.74) is 0. The van der Waals surface area contributed by atoms with E-state index in [4.69, 9.17) is 15.5 Å². The third-order valence-electron chi connectivity index (χ3n) is 0.648. The Labute approximate surface area is 55.7 Å². The Kier molecular flexibility index (Phi) is 3.79. The van der Waals surface area contributed by atoms with Crippen molar-refractivity contribution in [3.05, 3.63) is 0 Å². The molecular formula is C4H6BrNO2. The maximum atomic E-state index is 8.61. The van der Waals surface area contributed by atoms with Crippen molar-refractivity contribution in [2.24, 2.45) is 0 Å². The Hall–Kier alpha value is -0.110. The first kappa shape index (κ1) is 7.89. The average Bonchev–Trinajstić information content (AvgIpc) is 1.84. The lowest BCUT2D eigenvalue weighted by atomic mass is 10.3. The molecule has 0 amide bonds. The van der Waals surface area contributed by atoms with Gasteiger partial charge in [-0.05, 0) is 0 Å². The average molecular weight is 180 g/mol. The van der Waals surface area contributed by atoms with Gasteiger partial charge in [-0.2, -0.15) is 5.26 Å². The molecule has 0 bridgehead atoms. The maximum Gasteiger partial charge on any atom is 0.129 e. The molecule has 4 heteroatoms. The molecule has 3 nitrogen and oxygen atoms in total. The summed E-state index contributed by atoms with van der Waals surface area (Å²) < 4.78 is 0. The first-order valence-corrected chi connectivity index (χ1v) is 2.96. The molecule has 0 aliphatic heterocycles. The van der Waals surface area contributed by atoms with Crippen LogP contribution in [-0.2, 0) is 0 Å². The number of rotatable bonds is 2. The summed E-state index contributed by atoms with van der Waals surface area (Å²) >= 11 is 2.83. The van der Waals surface area contributed by atoms with Crippen molar-refractivity contribution < 1.29 is 10.2 Å². The largest absolute Gasteiger partial charge is 0.394 e. The van der Waals surface area contributed by atoms with Gasteiger partial charge in [-0.25, -0.2) is 0 Å². The molecule has 0 saturated heterocycles. The van der Waals surface area contributed by atoms with Crippen LogP contribution >= 0.6 is 15.9 Å². The van der Waals surface area contributed by atoms with Crippen LogP contribution in [-0.4, -0.2) is 27.8 Å². The smallest absolute Gasteiger partial charge is 0.129 e. The molecule has 0 spiro atoms. The fourth-order valence-electron chi connectivity index (χ4n) is 0.179. The van der Waals surface area contributed by atoms with Gasteiger partial charge < -0.3 is 10.2 Å². The third-order valence-corrected chi connectivity index (χ3v) is 1.46. The van der Waals surface area contributed by atoms with E-state index in [9.17, 15) is 0 Å². The van der Waals surface area contributed by atoms with Gasteiger partial charge in [0, 0.05) is 0 Å². The van der Waals surface area contributed by atoms with Crippen LogP contribution in [0, 0.1) is 11.3 Å². The first-order chi connectivity index (χ1) is 3.72. The van der Waals surface area contributed by atoms with Crippen molar-refractivity contribution in [2.75, 3.05) is 6.61 Å². The van der Waals surface area contributed by atoms with Gasteiger partial charge in [-0.3, -0.25) is 0 Å². The van der Waals surface area contributed by atoms with Crippen LogP contribution in [0.15, 0.2) is 0 Å². The fraction of sp³-hybridized carbons (Fsp3) is 0.750. The van der Waals surface area contributed by atoms with Gasteiger partial charge in [0.05, 0.1) is 12.7 Å². The Morgan fingerprint density at radius 3 is 2.38 bits per heavy atom. The lowest BCUT2D eigenvalue weighted by molar-refractivity contribution is 0.104. The predicted octanol–water partition coefficient (Wildman–Crippen LogP) is -0.373. The number of halogens is 1. The highest BCUT2D eigenvalue weighted by atomic mass is 79.9. The minimum atomic E-state index is -0.972. The summed E-state index contributed by atoms with van der Waals surface area (Å²) in [7, 11) is 0. The zero-order chi connectivity index (χ0) is 6.57. The number of hydrogen-bond acceptors (Lipinski definition) is 3. The second-order valence-corrected chi connectivity index (χ2v) is 2.27. The summed E-state index contributed by atoms with van der Waals surface area (Å²) in [6.07, 6.45) is -0.972. The first-order valence-electron chi connectivity index (χ1n) is 2.05. The van der Waals surface area contributed by atoms with Crippen LogP contribution in [0.5, 0.6) is 0 Å². The summed E-state index contributed by atoms with van der Waals surface area (Å²) in [5, 5.41) is 24.9. The minimum absolute atomic E-state index is 0.385. The van der Waals surface area contributed by atoms with E-state index in [1.807, 2.05) is 0 Å². The number of nitriles is 1. The molecule has 0 aliphatic carbocycles. The van der Waals surface area contributed by atoms with Crippen LogP contribution in [0.1, 0.15) is 0 Å². The van der Waals surface area contributed by atoms with Gasteiger partial charge in [0.25, 0.3) is 0 Å². The Bertz CT molecular complexity index is 101. The molecule has 0 heterocycles. The molecule has 0 rings (SSSR count). The Balaban J connectivity index is 3.49. The second-order valence-electron chi connectivity index (χ2n) is 1.28. The van der Waals surface area contributed by atoms with Crippen LogP contribution in [0.4, 0.5) is 0 Å². The molecule has 0 saturated carbocycles. The lowest BCUT2D eigenvalue weighted by Gasteiger charge is -2.04. The second kappa shape index (κ2) is 3.84. The quantitative estimate of drug-likeness (QED) is 0.569. The maximum absolute atomic E-state index is 8.61. The summed E-state index contributed by atoms with van der Waals surface area (Å²) in [5.74, 6) is 0. The van der Waals surface area contributed by atoms with E-state index < -0.39 is 10.9 Å². The molecule has 0 aromatic heterocycles. The van der Waals surface area contributed by atoms with Crippen molar-refractivity contribution in [1.82, 2.24) is 0 Å². The van der Waals surface area contributed by atoms with Gasteiger partial charge >= 0.3 is 0 Å². The van der Waals surface area contributed by atoms with Crippen molar-refractivity contribution in [3.63, 3.8) is 0 Å². The van der Waals surface area contributed by atoms with Gasteiger partial charge in [0.2, 0.25) is 0 Å². The Morgan fingerprint density at radius 1 is 1.75 bits per heavy atom. The van der Waals surface area contributed by atoms with Gasteiger partial charge in [-0.1, -0.05) is 15.9 Å². The number of nitrogens with zero attached hydrogens (tertiary/aromatic N) is 1. The molecule has 8 heavy (non-hydrogen) atoms. The van der Waals surface area contributed by atoms with Crippen LogP contribution in [0.3, 0.4) is 0 Å². The van der Waals surface area contributed by atoms with Crippen LogP contribution in [0.2, 0.25) is 0 Å². The molecule has 0 radical (unpaired) electrons. The zero-order valence-corrected chi connectivity index (χ0v) is 5.67. The highest BCUT2D eigenvalue weighted by Crippen LogP contribution is 2.02. The van der Waals surface area contributed by atoms with Crippen molar-refractivity contribution in [3.8, 4) is 6.07 Å². The molecule has 46 valence electrons. The fourth-order valence-corrected chi connectivity index (χ4v) is 0.346. The van der Waals surface area contributed by atoms with Gasteiger partial charge in [0.1, 0.15) is 10.9 Å². The van der Waals surface area contributed by atoms with E-state index in [1.165, 1.54) is 0 Å². The van der Waals surface area contributed by atoms with E-state index in [-0.39, 0.29) is 6.61 Å².